The maximum atomic E-state index is 11.3. The zero-order chi connectivity index (χ0) is 12.7. The summed E-state index contributed by atoms with van der Waals surface area (Å²) in [6, 6.07) is 3.61. The Balaban J connectivity index is 2.05. The second-order valence-corrected chi connectivity index (χ2v) is 4.98. The maximum absolute atomic E-state index is 11.3. The van der Waals surface area contributed by atoms with E-state index in [1.807, 2.05) is 6.07 Å². The minimum atomic E-state index is -0.753. The van der Waals surface area contributed by atoms with E-state index in [2.05, 4.69) is 22.2 Å². The Morgan fingerprint density at radius 1 is 1.44 bits per heavy atom. The fourth-order valence-electron chi connectivity index (χ4n) is 2.84. The molecule has 3 unspecified atom stereocenters. The van der Waals surface area contributed by atoms with Crippen molar-refractivity contribution in [2.75, 3.05) is 0 Å². The third-order valence-corrected chi connectivity index (χ3v) is 3.65. The molecule has 2 heterocycles. The van der Waals surface area contributed by atoms with E-state index in [1.165, 1.54) is 0 Å². The first-order valence-electron chi connectivity index (χ1n) is 6.06. The molecule has 1 fully saturated rings. The number of carboxylic acids is 1. The molecule has 0 radical (unpaired) electrons. The van der Waals surface area contributed by atoms with E-state index in [0.29, 0.717) is 23.8 Å². The number of aliphatic carboxylic acids is 1. The third-order valence-electron chi connectivity index (χ3n) is 3.65. The SMILES string of the molecule is CC1CC(C(=O)O)C(c2nnc3cccnn23)C1. The van der Waals surface area contributed by atoms with Crippen LogP contribution in [0.25, 0.3) is 5.65 Å². The average molecular weight is 246 g/mol. The van der Waals surface area contributed by atoms with Crippen molar-refractivity contribution >= 4 is 11.6 Å². The van der Waals surface area contributed by atoms with Gasteiger partial charge in [0.25, 0.3) is 0 Å². The van der Waals surface area contributed by atoms with Gasteiger partial charge in [-0.1, -0.05) is 6.92 Å². The van der Waals surface area contributed by atoms with Crippen molar-refractivity contribution < 1.29 is 9.90 Å². The molecule has 1 N–H and O–H groups in total. The van der Waals surface area contributed by atoms with Gasteiger partial charge in [0.2, 0.25) is 0 Å². The number of carboxylic acid groups (broad SMARTS) is 1. The van der Waals surface area contributed by atoms with Crippen LogP contribution in [0.2, 0.25) is 0 Å². The first-order valence-corrected chi connectivity index (χ1v) is 6.06. The molecule has 2 aromatic heterocycles. The van der Waals surface area contributed by atoms with Crippen LogP contribution in [0.15, 0.2) is 18.3 Å². The minimum absolute atomic E-state index is 0.0950. The van der Waals surface area contributed by atoms with E-state index in [9.17, 15) is 9.90 Å². The van der Waals surface area contributed by atoms with Crippen molar-refractivity contribution in [3.05, 3.63) is 24.2 Å². The van der Waals surface area contributed by atoms with Gasteiger partial charge >= 0.3 is 5.97 Å². The number of carbonyl (C=O) groups is 1. The minimum Gasteiger partial charge on any atom is -0.481 e. The van der Waals surface area contributed by atoms with E-state index in [1.54, 1.807) is 16.8 Å². The van der Waals surface area contributed by atoms with Crippen LogP contribution in [-0.4, -0.2) is 30.9 Å². The highest BCUT2D eigenvalue weighted by molar-refractivity contribution is 5.71. The van der Waals surface area contributed by atoms with Gasteiger partial charge in [-0.2, -0.15) is 9.61 Å². The molecule has 0 spiro atoms. The lowest BCUT2D eigenvalue weighted by molar-refractivity contribution is -0.142. The molecule has 0 saturated heterocycles. The summed E-state index contributed by atoms with van der Waals surface area (Å²) in [6.07, 6.45) is 3.18. The number of rotatable bonds is 2. The van der Waals surface area contributed by atoms with Crippen LogP contribution in [0.5, 0.6) is 0 Å². The average Bonchev–Trinajstić information content (AvgIpc) is 2.92. The van der Waals surface area contributed by atoms with Gasteiger partial charge in [0.05, 0.1) is 5.92 Å². The fourth-order valence-corrected chi connectivity index (χ4v) is 2.84. The van der Waals surface area contributed by atoms with E-state index in [0.717, 1.165) is 6.42 Å². The molecule has 1 aliphatic rings. The van der Waals surface area contributed by atoms with Crippen LogP contribution in [0.4, 0.5) is 0 Å². The summed E-state index contributed by atoms with van der Waals surface area (Å²) in [5, 5.41) is 21.7. The Morgan fingerprint density at radius 3 is 3.06 bits per heavy atom. The molecule has 0 aromatic carbocycles. The van der Waals surface area contributed by atoms with Crippen molar-refractivity contribution in [1.82, 2.24) is 19.8 Å². The van der Waals surface area contributed by atoms with Crippen molar-refractivity contribution in [1.29, 1.82) is 0 Å². The first-order chi connectivity index (χ1) is 8.66. The topological polar surface area (TPSA) is 80.4 Å². The maximum Gasteiger partial charge on any atom is 0.307 e. The highest BCUT2D eigenvalue weighted by Gasteiger charge is 2.40. The molecule has 6 heteroatoms. The summed E-state index contributed by atoms with van der Waals surface area (Å²) in [4.78, 5) is 11.3. The molecule has 0 aliphatic heterocycles. The van der Waals surface area contributed by atoms with Crippen LogP contribution >= 0.6 is 0 Å². The Morgan fingerprint density at radius 2 is 2.28 bits per heavy atom. The lowest BCUT2D eigenvalue weighted by atomic mass is 9.95. The fraction of sp³-hybridized carbons (Fsp3) is 0.500. The summed E-state index contributed by atoms with van der Waals surface area (Å²) in [5.41, 5.74) is 0.663. The smallest absolute Gasteiger partial charge is 0.307 e. The summed E-state index contributed by atoms with van der Waals surface area (Å²) in [6.45, 7) is 2.08. The van der Waals surface area contributed by atoms with Crippen molar-refractivity contribution in [2.24, 2.45) is 11.8 Å². The predicted octanol–water partition coefficient (Wildman–Crippen LogP) is 1.34. The van der Waals surface area contributed by atoms with Gasteiger partial charge in [0.15, 0.2) is 11.5 Å². The van der Waals surface area contributed by atoms with Crippen LogP contribution in [0.3, 0.4) is 0 Å². The lowest BCUT2D eigenvalue weighted by Crippen LogP contribution is -2.19. The van der Waals surface area contributed by atoms with Gasteiger partial charge in [0.1, 0.15) is 0 Å². The summed E-state index contributed by atoms with van der Waals surface area (Å²) >= 11 is 0. The molecule has 3 atom stereocenters. The first kappa shape index (κ1) is 11.1. The Labute approximate surface area is 104 Å². The van der Waals surface area contributed by atoms with Crippen LogP contribution in [0.1, 0.15) is 31.5 Å². The molecule has 2 aromatic rings. The van der Waals surface area contributed by atoms with E-state index in [-0.39, 0.29) is 11.8 Å². The molecule has 18 heavy (non-hydrogen) atoms. The largest absolute Gasteiger partial charge is 0.481 e. The van der Waals surface area contributed by atoms with Gasteiger partial charge in [0, 0.05) is 12.1 Å². The zero-order valence-electron chi connectivity index (χ0n) is 10.0. The Hall–Kier alpha value is -1.98. The van der Waals surface area contributed by atoms with Crippen molar-refractivity contribution in [2.45, 2.75) is 25.7 Å². The number of fused-ring (bicyclic) bond motifs is 1. The highest BCUT2D eigenvalue weighted by atomic mass is 16.4. The molecule has 3 rings (SSSR count). The Bertz CT molecular complexity index is 595. The number of hydrogen-bond acceptors (Lipinski definition) is 4. The Kier molecular flexibility index (Phi) is 2.50. The van der Waals surface area contributed by atoms with Crippen molar-refractivity contribution in [3.63, 3.8) is 0 Å². The van der Waals surface area contributed by atoms with Crippen LogP contribution < -0.4 is 0 Å². The standard InChI is InChI=1S/C12H14N4O2/c1-7-5-8(9(6-7)12(17)18)11-15-14-10-3-2-4-13-16(10)11/h2-4,7-9H,5-6H2,1H3,(H,17,18). The van der Waals surface area contributed by atoms with Crippen LogP contribution in [0, 0.1) is 11.8 Å². The molecular weight excluding hydrogens is 232 g/mol. The molecule has 1 aliphatic carbocycles. The van der Waals surface area contributed by atoms with Gasteiger partial charge in [-0.3, -0.25) is 4.79 Å². The van der Waals surface area contributed by atoms with Gasteiger partial charge in [-0.05, 0) is 30.9 Å². The second-order valence-electron chi connectivity index (χ2n) is 4.98. The van der Waals surface area contributed by atoms with Gasteiger partial charge < -0.3 is 5.11 Å². The van der Waals surface area contributed by atoms with E-state index >= 15 is 0 Å². The molecule has 1 saturated carbocycles. The monoisotopic (exact) mass is 246 g/mol. The highest BCUT2D eigenvalue weighted by Crippen LogP contribution is 2.42. The second kappa shape index (κ2) is 4.04. The summed E-state index contributed by atoms with van der Waals surface area (Å²) < 4.78 is 1.65. The van der Waals surface area contributed by atoms with Crippen molar-refractivity contribution in [3.8, 4) is 0 Å². The zero-order valence-corrected chi connectivity index (χ0v) is 10.0. The molecular formula is C12H14N4O2. The third kappa shape index (κ3) is 1.64. The van der Waals surface area contributed by atoms with Gasteiger partial charge in [-0.25, -0.2) is 0 Å². The number of nitrogens with zero attached hydrogens (tertiary/aromatic N) is 4. The number of hydrogen-bond donors (Lipinski definition) is 1. The predicted molar refractivity (Wildman–Crippen MR) is 63.0 cm³/mol. The van der Waals surface area contributed by atoms with E-state index < -0.39 is 5.97 Å². The van der Waals surface area contributed by atoms with Crippen LogP contribution in [-0.2, 0) is 4.79 Å². The number of aromatic nitrogens is 4. The van der Waals surface area contributed by atoms with Gasteiger partial charge in [-0.15, -0.1) is 10.2 Å². The van der Waals surface area contributed by atoms with E-state index in [4.69, 9.17) is 0 Å². The summed E-state index contributed by atoms with van der Waals surface area (Å²) in [5.74, 6) is -0.164. The molecule has 0 bridgehead atoms. The normalized spacial score (nSPS) is 27.7. The quantitative estimate of drug-likeness (QED) is 0.864. The molecule has 0 amide bonds. The molecule has 94 valence electrons. The summed E-state index contributed by atoms with van der Waals surface area (Å²) in [7, 11) is 0. The molecule has 6 nitrogen and oxygen atoms in total. The lowest BCUT2D eigenvalue weighted by Gasteiger charge is -2.12.